The molecule has 310 valence electrons. The number of rotatable bonds is 9. The summed E-state index contributed by atoms with van der Waals surface area (Å²) in [5.41, 5.74) is 17.6. The molecule has 0 aliphatic heterocycles. The number of benzene rings is 11. The fourth-order valence-electron chi connectivity index (χ4n) is 9.37. The molecule has 1 heterocycles. The molecule has 12 aromatic rings. The lowest BCUT2D eigenvalue weighted by molar-refractivity contribution is 0.623. The van der Waals surface area contributed by atoms with Gasteiger partial charge in [0.15, 0.2) is 5.58 Å². The topological polar surface area (TPSA) is 29.3 Å². The molecule has 0 bridgehead atoms. The van der Waals surface area contributed by atoms with Gasteiger partial charge in [-0.15, -0.1) is 0 Å². The smallest absolute Gasteiger partial charge is 0.227 e. The van der Waals surface area contributed by atoms with Crippen molar-refractivity contribution < 1.29 is 4.42 Å². The maximum atomic E-state index is 6.50. The molecule has 0 saturated carbocycles. The Balaban J connectivity index is 0.867. The molecule has 0 radical (unpaired) electrons. The highest BCUT2D eigenvalue weighted by atomic mass is 16.3. The molecule has 11 aromatic carbocycles. The van der Waals surface area contributed by atoms with Gasteiger partial charge in [0.1, 0.15) is 5.52 Å². The highest BCUT2D eigenvalue weighted by Crippen LogP contribution is 2.41. The number of fused-ring (bicyclic) bond motifs is 4. The first-order chi connectivity index (χ1) is 32.7. The number of anilines is 3. The van der Waals surface area contributed by atoms with Crippen LogP contribution >= 0.6 is 0 Å². The molecule has 0 atom stereocenters. The van der Waals surface area contributed by atoms with Crippen LogP contribution in [0.1, 0.15) is 0 Å². The second-order valence-corrected chi connectivity index (χ2v) is 16.7. The standard InChI is InChI=1S/C63H42N2O/c1-3-12-43(13-4-1)45-22-24-50(25-23-45)63-64-61-41-33-52-42-51(32-40-60(52)62(61)66-63)59-20-10-9-19-57(59)48-28-36-54(37-29-48)65(53-34-26-46(27-35-53)44-14-5-2-6-15-44)55-38-30-49(31-39-55)58-21-11-17-47-16-7-8-18-56(47)58/h1-42H. The summed E-state index contributed by atoms with van der Waals surface area (Å²) in [5, 5.41) is 4.64. The van der Waals surface area contributed by atoms with Gasteiger partial charge in [-0.2, -0.15) is 0 Å². The van der Waals surface area contributed by atoms with E-state index in [1.165, 1.54) is 49.7 Å². The summed E-state index contributed by atoms with van der Waals surface area (Å²) in [6.07, 6.45) is 0. The molecule has 0 unspecified atom stereocenters. The minimum absolute atomic E-state index is 0.621. The Morgan fingerprint density at radius 1 is 0.288 bits per heavy atom. The average Bonchev–Trinajstić information content (AvgIpc) is 3.85. The van der Waals surface area contributed by atoms with Gasteiger partial charge < -0.3 is 9.32 Å². The molecule has 0 saturated heterocycles. The van der Waals surface area contributed by atoms with Gasteiger partial charge in [-0.25, -0.2) is 4.98 Å². The predicted molar refractivity (Wildman–Crippen MR) is 276 cm³/mol. The largest absolute Gasteiger partial charge is 0.435 e. The zero-order valence-corrected chi connectivity index (χ0v) is 36.1. The summed E-state index contributed by atoms with van der Waals surface area (Å²) in [7, 11) is 0. The maximum absolute atomic E-state index is 6.50. The van der Waals surface area contributed by atoms with Crippen molar-refractivity contribution in [3.05, 3.63) is 255 Å². The van der Waals surface area contributed by atoms with Gasteiger partial charge in [0, 0.05) is 28.0 Å². The fourth-order valence-corrected chi connectivity index (χ4v) is 9.37. The van der Waals surface area contributed by atoms with E-state index in [1.54, 1.807) is 0 Å². The average molecular weight is 843 g/mol. The van der Waals surface area contributed by atoms with Crippen molar-refractivity contribution in [1.82, 2.24) is 4.98 Å². The van der Waals surface area contributed by atoms with Crippen molar-refractivity contribution in [3.8, 4) is 67.1 Å². The second kappa shape index (κ2) is 16.7. The van der Waals surface area contributed by atoms with Crippen LogP contribution in [-0.2, 0) is 0 Å². The Morgan fingerprint density at radius 3 is 1.38 bits per heavy atom. The van der Waals surface area contributed by atoms with E-state index in [0.29, 0.717) is 5.89 Å². The third-order valence-electron chi connectivity index (χ3n) is 12.7. The third kappa shape index (κ3) is 7.29. The number of hydrogen-bond acceptors (Lipinski definition) is 3. The highest BCUT2D eigenvalue weighted by Gasteiger charge is 2.17. The van der Waals surface area contributed by atoms with Crippen LogP contribution in [0.2, 0.25) is 0 Å². The summed E-state index contributed by atoms with van der Waals surface area (Å²) in [4.78, 5) is 7.24. The summed E-state index contributed by atoms with van der Waals surface area (Å²) in [6, 6.07) is 90.9. The van der Waals surface area contributed by atoms with Crippen LogP contribution in [0.4, 0.5) is 17.1 Å². The van der Waals surface area contributed by atoms with Gasteiger partial charge in [0.2, 0.25) is 5.89 Å². The molecule has 1 aromatic heterocycles. The number of oxazole rings is 1. The van der Waals surface area contributed by atoms with E-state index in [4.69, 9.17) is 9.40 Å². The molecule has 0 amide bonds. The van der Waals surface area contributed by atoms with Crippen LogP contribution in [-0.4, -0.2) is 4.98 Å². The monoisotopic (exact) mass is 842 g/mol. The molecule has 0 aliphatic rings. The Morgan fingerprint density at radius 2 is 0.742 bits per heavy atom. The zero-order chi connectivity index (χ0) is 43.8. The predicted octanol–water partition coefficient (Wildman–Crippen LogP) is 17.6. The van der Waals surface area contributed by atoms with E-state index in [2.05, 4.69) is 254 Å². The lowest BCUT2D eigenvalue weighted by Crippen LogP contribution is -2.09. The van der Waals surface area contributed by atoms with E-state index in [1.807, 2.05) is 6.07 Å². The van der Waals surface area contributed by atoms with Crippen LogP contribution in [0.15, 0.2) is 259 Å². The summed E-state index contributed by atoms with van der Waals surface area (Å²) in [5.74, 6) is 0.621. The van der Waals surface area contributed by atoms with Crippen molar-refractivity contribution in [2.24, 2.45) is 0 Å². The Labute approximate surface area is 384 Å². The molecule has 12 rings (SSSR count). The van der Waals surface area contributed by atoms with Crippen molar-refractivity contribution in [2.45, 2.75) is 0 Å². The Bertz CT molecular complexity index is 3650. The van der Waals surface area contributed by atoms with Gasteiger partial charge in [-0.05, 0) is 139 Å². The summed E-state index contributed by atoms with van der Waals surface area (Å²) < 4.78 is 6.50. The maximum Gasteiger partial charge on any atom is 0.227 e. The van der Waals surface area contributed by atoms with Crippen molar-refractivity contribution >= 4 is 49.7 Å². The quantitative estimate of drug-likeness (QED) is 0.145. The summed E-state index contributed by atoms with van der Waals surface area (Å²) >= 11 is 0. The first-order valence-electron chi connectivity index (χ1n) is 22.4. The molecule has 0 aliphatic carbocycles. The molecular formula is C63H42N2O. The first-order valence-corrected chi connectivity index (χ1v) is 22.4. The fraction of sp³-hybridized carbons (Fsp3) is 0. The van der Waals surface area contributed by atoms with Crippen molar-refractivity contribution in [2.75, 3.05) is 4.90 Å². The van der Waals surface area contributed by atoms with Gasteiger partial charge in [0.05, 0.1) is 0 Å². The lowest BCUT2D eigenvalue weighted by atomic mass is 9.93. The normalized spacial score (nSPS) is 11.3. The third-order valence-corrected chi connectivity index (χ3v) is 12.7. The lowest BCUT2D eigenvalue weighted by Gasteiger charge is -2.26. The van der Waals surface area contributed by atoms with Gasteiger partial charge in [-0.1, -0.05) is 188 Å². The number of nitrogens with zero attached hydrogens (tertiary/aromatic N) is 2. The summed E-state index contributed by atoms with van der Waals surface area (Å²) in [6.45, 7) is 0. The molecule has 0 spiro atoms. The molecule has 0 N–H and O–H groups in total. The molecule has 66 heavy (non-hydrogen) atoms. The molecular weight excluding hydrogens is 801 g/mol. The second-order valence-electron chi connectivity index (χ2n) is 16.7. The van der Waals surface area contributed by atoms with Crippen LogP contribution in [0.5, 0.6) is 0 Å². The SMILES string of the molecule is c1ccc(-c2ccc(-c3nc4ccc5cc(-c6ccccc6-c6ccc(N(c7ccc(-c8ccccc8)cc7)c7ccc(-c8cccc9ccccc89)cc7)cc6)ccc5c4o3)cc2)cc1. The van der Waals surface area contributed by atoms with E-state index in [9.17, 15) is 0 Å². The van der Waals surface area contributed by atoms with Crippen LogP contribution < -0.4 is 4.90 Å². The zero-order valence-electron chi connectivity index (χ0n) is 36.1. The van der Waals surface area contributed by atoms with Crippen LogP contribution in [0, 0.1) is 0 Å². The van der Waals surface area contributed by atoms with Crippen molar-refractivity contribution in [3.63, 3.8) is 0 Å². The molecule has 3 nitrogen and oxygen atoms in total. The van der Waals surface area contributed by atoms with E-state index in [0.717, 1.165) is 61.2 Å². The van der Waals surface area contributed by atoms with E-state index >= 15 is 0 Å². The van der Waals surface area contributed by atoms with Crippen molar-refractivity contribution in [1.29, 1.82) is 0 Å². The van der Waals surface area contributed by atoms with Gasteiger partial charge >= 0.3 is 0 Å². The van der Waals surface area contributed by atoms with E-state index in [-0.39, 0.29) is 0 Å². The van der Waals surface area contributed by atoms with Crippen LogP contribution in [0.3, 0.4) is 0 Å². The minimum atomic E-state index is 0.621. The van der Waals surface area contributed by atoms with E-state index < -0.39 is 0 Å². The number of aromatic nitrogens is 1. The minimum Gasteiger partial charge on any atom is -0.435 e. The van der Waals surface area contributed by atoms with Gasteiger partial charge in [-0.3, -0.25) is 0 Å². The Hall–Kier alpha value is -8.79. The molecule has 0 fully saturated rings. The number of hydrogen-bond donors (Lipinski definition) is 0. The molecule has 3 heteroatoms. The highest BCUT2D eigenvalue weighted by molar-refractivity contribution is 6.05. The Kier molecular flexibility index (Phi) is 9.85. The van der Waals surface area contributed by atoms with Gasteiger partial charge in [0.25, 0.3) is 0 Å². The van der Waals surface area contributed by atoms with Crippen LogP contribution in [0.25, 0.3) is 99.7 Å². The first kappa shape index (κ1) is 38.9.